The second-order valence-corrected chi connectivity index (χ2v) is 5.69. The maximum atomic E-state index is 5.34. The Labute approximate surface area is 121 Å². The van der Waals surface area contributed by atoms with Gasteiger partial charge in [0.2, 0.25) is 0 Å². The van der Waals surface area contributed by atoms with E-state index in [1.807, 2.05) is 14.1 Å². The molecule has 0 saturated heterocycles. The minimum Gasteiger partial charge on any atom is -0.300 e. The van der Waals surface area contributed by atoms with Gasteiger partial charge in [-0.2, -0.15) is 5.06 Å². The molecule has 0 aliphatic carbocycles. The van der Waals surface area contributed by atoms with E-state index in [1.165, 1.54) is 70.6 Å². The molecule has 0 unspecified atom stereocenters. The van der Waals surface area contributed by atoms with Crippen LogP contribution >= 0.6 is 0 Å². The Kier molecular flexibility index (Phi) is 15.9. The Bertz CT molecular complexity index is 159. The van der Waals surface area contributed by atoms with Crippen molar-refractivity contribution < 1.29 is 4.84 Å². The first-order chi connectivity index (χ1) is 9.27. The van der Waals surface area contributed by atoms with E-state index in [1.54, 1.807) is 5.06 Å². The lowest BCUT2D eigenvalue weighted by Crippen LogP contribution is -2.13. The molecule has 0 atom stereocenters. The monoisotopic (exact) mass is 270 g/mol. The average molecular weight is 270 g/mol. The van der Waals surface area contributed by atoms with E-state index in [-0.39, 0.29) is 0 Å². The van der Waals surface area contributed by atoms with Crippen molar-refractivity contribution in [3.05, 3.63) is 6.42 Å². The van der Waals surface area contributed by atoms with Crippen LogP contribution in [0.3, 0.4) is 0 Å². The van der Waals surface area contributed by atoms with Crippen molar-refractivity contribution in [1.82, 2.24) is 5.06 Å². The Morgan fingerprint density at radius 3 is 1.79 bits per heavy atom. The van der Waals surface area contributed by atoms with Crippen molar-refractivity contribution in [3.8, 4) is 0 Å². The van der Waals surface area contributed by atoms with Crippen molar-refractivity contribution in [2.24, 2.45) is 0 Å². The highest BCUT2D eigenvalue weighted by atomic mass is 16.7. The predicted molar refractivity (Wildman–Crippen MR) is 85.0 cm³/mol. The summed E-state index contributed by atoms with van der Waals surface area (Å²) in [6.45, 7) is 3.11. The molecule has 0 spiro atoms. The van der Waals surface area contributed by atoms with E-state index >= 15 is 0 Å². The predicted octanol–water partition coefficient (Wildman–Crippen LogP) is 5.38. The first-order valence-corrected chi connectivity index (χ1v) is 8.39. The first kappa shape index (κ1) is 18.9. The third-order valence-electron chi connectivity index (χ3n) is 3.43. The van der Waals surface area contributed by atoms with Gasteiger partial charge in [-0.15, -0.1) is 0 Å². The molecule has 115 valence electrons. The van der Waals surface area contributed by atoms with E-state index < -0.39 is 0 Å². The van der Waals surface area contributed by atoms with Crippen LogP contribution in [0.25, 0.3) is 0 Å². The van der Waals surface area contributed by atoms with Gasteiger partial charge in [0.05, 0.1) is 6.61 Å². The van der Waals surface area contributed by atoms with Gasteiger partial charge < -0.3 is 0 Å². The SMILES string of the molecule is CCCCCCCCCCCC[CH]CCON(C)C. The van der Waals surface area contributed by atoms with Crippen LogP contribution in [0.1, 0.15) is 84.0 Å². The van der Waals surface area contributed by atoms with Crippen LogP contribution in [-0.2, 0) is 4.84 Å². The van der Waals surface area contributed by atoms with Crippen LogP contribution in [0.4, 0.5) is 0 Å². The van der Waals surface area contributed by atoms with Gasteiger partial charge in [-0.1, -0.05) is 77.6 Å². The summed E-state index contributed by atoms with van der Waals surface area (Å²) in [5.41, 5.74) is 0. The maximum Gasteiger partial charge on any atom is 0.0687 e. The van der Waals surface area contributed by atoms with Gasteiger partial charge in [-0.3, -0.25) is 4.84 Å². The summed E-state index contributed by atoms with van der Waals surface area (Å²) in [4.78, 5) is 5.34. The molecular formula is C17H36NO. The molecule has 0 aromatic heterocycles. The second kappa shape index (κ2) is 16.0. The summed E-state index contributed by atoms with van der Waals surface area (Å²) < 4.78 is 0. The Balaban J connectivity index is 2.91. The van der Waals surface area contributed by atoms with E-state index in [2.05, 4.69) is 13.3 Å². The van der Waals surface area contributed by atoms with Gasteiger partial charge in [0.15, 0.2) is 0 Å². The fourth-order valence-corrected chi connectivity index (χ4v) is 2.24. The van der Waals surface area contributed by atoms with E-state index in [0.29, 0.717) is 0 Å². The van der Waals surface area contributed by atoms with Crippen molar-refractivity contribution in [3.63, 3.8) is 0 Å². The quantitative estimate of drug-likeness (QED) is 0.292. The van der Waals surface area contributed by atoms with Crippen LogP contribution in [0.15, 0.2) is 0 Å². The van der Waals surface area contributed by atoms with Gasteiger partial charge in [0, 0.05) is 14.1 Å². The van der Waals surface area contributed by atoms with Gasteiger partial charge in [0.25, 0.3) is 0 Å². The molecule has 0 bridgehead atoms. The number of unbranched alkanes of at least 4 members (excludes halogenated alkanes) is 12. The normalized spacial score (nSPS) is 11.4. The van der Waals surface area contributed by atoms with Crippen LogP contribution in [0.2, 0.25) is 0 Å². The van der Waals surface area contributed by atoms with Crippen molar-refractivity contribution in [1.29, 1.82) is 0 Å². The van der Waals surface area contributed by atoms with E-state index in [9.17, 15) is 0 Å². The van der Waals surface area contributed by atoms with Crippen LogP contribution < -0.4 is 0 Å². The molecule has 0 aliphatic heterocycles. The highest BCUT2D eigenvalue weighted by Gasteiger charge is 1.94. The van der Waals surface area contributed by atoms with Crippen molar-refractivity contribution in [2.45, 2.75) is 84.0 Å². The Hall–Kier alpha value is -0.0800. The van der Waals surface area contributed by atoms with Gasteiger partial charge in [0.1, 0.15) is 0 Å². The number of rotatable bonds is 15. The highest BCUT2D eigenvalue weighted by molar-refractivity contribution is 4.63. The Morgan fingerprint density at radius 2 is 1.26 bits per heavy atom. The molecule has 0 aromatic rings. The highest BCUT2D eigenvalue weighted by Crippen LogP contribution is 2.12. The fourth-order valence-electron chi connectivity index (χ4n) is 2.24. The molecule has 1 radical (unpaired) electrons. The molecule has 0 rings (SSSR count). The molecular weight excluding hydrogens is 234 g/mol. The molecule has 0 aromatic carbocycles. The fraction of sp³-hybridized carbons (Fsp3) is 0.941. The van der Waals surface area contributed by atoms with Gasteiger partial charge in [-0.25, -0.2) is 0 Å². The standard InChI is InChI=1S/C17H36NO/c1-4-5-6-7-8-9-10-11-12-13-14-15-16-17-19-18(2)3/h15H,4-14,16-17H2,1-3H3. The van der Waals surface area contributed by atoms with Crippen molar-refractivity contribution >= 4 is 0 Å². The minimum absolute atomic E-state index is 0.824. The summed E-state index contributed by atoms with van der Waals surface area (Å²) in [6, 6.07) is 0. The van der Waals surface area contributed by atoms with Gasteiger partial charge >= 0.3 is 0 Å². The topological polar surface area (TPSA) is 12.5 Å². The average Bonchev–Trinajstić information content (AvgIpc) is 2.39. The lowest BCUT2D eigenvalue weighted by Gasteiger charge is -2.09. The number of hydrogen-bond acceptors (Lipinski definition) is 2. The number of hydroxylamine groups is 2. The molecule has 0 aliphatic rings. The lowest BCUT2D eigenvalue weighted by atomic mass is 10.0. The zero-order valence-corrected chi connectivity index (χ0v) is 13.6. The second-order valence-electron chi connectivity index (χ2n) is 5.69. The summed E-state index contributed by atoms with van der Waals surface area (Å²) in [5, 5.41) is 1.77. The third kappa shape index (κ3) is 17.9. The Morgan fingerprint density at radius 1 is 0.737 bits per heavy atom. The van der Waals surface area contributed by atoms with Crippen molar-refractivity contribution in [2.75, 3.05) is 20.7 Å². The molecule has 19 heavy (non-hydrogen) atoms. The van der Waals surface area contributed by atoms with Gasteiger partial charge in [-0.05, 0) is 12.8 Å². The largest absolute Gasteiger partial charge is 0.300 e. The zero-order chi connectivity index (χ0) is 14.2. The van der Waals surface area contributed by atoms with E-state index in [0.717, 1.165) is 13.0 Å². The molecule has 0 fully saturated rings. The zero-order valence-electron chi connectivity index (χ0n) is 13.6. The maximum absolute atomic E-state index is 5.34. The smallest absolute Gasteiger partial charge is 0.0687 e. The summed E-state index contributed by atoms with van der Waals surface area (Å²) in [5.74, 6) is 0. The van der Waals surface area contributed by atoms with E-state index in [4.69, 9.17) is 4.84 Å². The molecule has 0 N–H and O–H groups in total. The summed E-state index contributed by atoms with van der Waals surface area (Å²) in [7, 11) is 3.87. The molecule has 2 heteroatoms. The minimum atomic E-state index is 0.824. The molecule has 2 nitrogen and oxygen atoms in total. The molecule has 0 saturated carbocycles. The summed E-state index contributed by atoms with van der Waals surface area (Å²) in [6.07, 6.45) is 18.9. The third-order valence-corrected chi connectivity index (χ3v) is 3.43. The molecule has 0 amide bonds. The number of hydrogen-bond donors (Lipinski definition) is 0. The molecule has 0 heterocycles. The summed E-state index contributed by atoms with van der Waals surface area (Å²) >= 11 is 0. The lowest BCUT2D eigenvalue weighted by molar-refractivity contribution is -0.118. The number of nitrogens with zero attached hydrogens (tertiary/aromatic N) is 1. The van der Waals surface area contributed by atoms with Crippen LogP contribution in [-0.4, -0.2) is 25.8 Å². The van der Waals surface area contributed by atoms with Crippen LogP contribution in [0.5, 0.6) is 0 Å². The first-order valence-electron chi connectivity index (χ1n) is 8.39. The van der Waals surface area contributed by atoms with Crippen LogP contribution in [0, 0.1) is 6.42 Å².